The Morgan fingerprint density at radius 3 is 2.41 bits per heavy atom. The van der Waals surface area contributed by atoms with Gasteiger partial charge in [-0.3, -0.25) is 14.5 Å². The van der Waals surface area contributed by atoms with Crippen LogP contribution in [0.2, 0.25) is 0 Å². The Morgan fingerprint density at radius 1 is 0.906 bits per heavy atom. The Kier molecular flexibility index (Phi) is 7.39. The van der Waals surface area contributed by atoms with Gasteiger partial charge in [0.2, 0.25) is 17.8 Å². The Labute approximate surface area is 188 Å². The van der Waals surface area contributed by atoms with Crippen LogP contribution >= 0.6 is 0 Å². The van der Waals surface area contributed by atoms with Crippen molar-refractivity contribution >= 4 is 23.5 Å². The van der Waals surface area contributed by atoms with Gasteiger partial charge >= 0.3 is 0 Å². The molecule has 0 radical (unpaired) electrons. The van der Waals surface area contributed by atoms with Crippen molar-refractivity contribution in [3.8, 4) is 0 Å². The Balaban J connectivity index is 1.11. The van der Waals surface area contributed by atoms with Gasteiger partial charge in [-0.05, 0) is 11.6 Å². The lowest BCUT2D eigenvalue weighted by molar-refractivity contribution is -0.133. The average molecular weight is 436 g/mol. The van der Waals surface area contributed by atoms with Crippen LogP contribution in [0.15, 0.2) is 53.9 Å². The number of piperazine rings is 1. The fourth-order valence-corrected chi connectivity index (χ4v) is 3.89. The van der Waals surface area contributed by atoms with E-state index in [4.69, 9.17) is 0 Å². The normalized spacial score (nSPS) is 16.7. The van der Waals surface area contributed by atoms with Crippen molar-refractivity contribution in [2.75, 3.05) is 50.7 Å². The minimum atomic E-state index is -0.106. The van der Waals surface area contributed by atoms with Gasteiger partial charge in [-0.1, -0.05) is 30.3 Å². The lowest BCUT2D eigenvalue weighted by Gasteiger charge is -2.34. The molecule has 0 aliphatic carbocycles. The van der Waals surface area contributed by atoms with Gasteiger partial charge in [-0.25, -0.2) is 15.0 Å². The minimum absolute atomic E-state index is 0.0962. The first-order valence-electron chi connectivity index (χ1n) is 11.1. The van der Waals surface area contributed by atoms with Crippen molar-refractivity contribution in [2.45, 2.75) is 19.3 Å². The van der Waals surface area contributed by atoms with Crippen LogP contribution in [0.3, 0.4) is 0 Å². The fourth-order valence-electron chi connectivity index (χ4n) is 3.89. The molecular formula is C23H29N7O2. The molecule has 2 amide bonds. The number of anilines is 1. The summed E-state index contributed by atoms with van der Waals surface area (Å²) in [5, 5.41) is 8.86. The number of hydrazone groups is 1. The van der Waals surface area contributed by atoms with Crippen LogP contribution in [0, 0.1) is 0 Å². The summed E-state index contributed by atoms with van der Waals surface area (Å²) in [5.41, 5.74) is 1.96. The van der Waals surface area contributed by atoms with Gasteiger partial charge < -0.3 is 10.2 Å². The molecule has 1 aromatic carbocycles. The predicted molar refractivity (Wildman–Crippen MR) is 122 cm³/mol. The second-order valence-corrected chi connectivity index (χ2v) is 7.91. The highest BCUT2D eigenvalue weighted by molar-refractivity contribution is 6.02. The standard InChI is InChI=1S/C23H29N7O2/c31-21(7-8-22(32)30-13-9-20(27-30)19-5-2-1-3-6-19)24-12-14-28-15-17-29(18-16-28)23-25-10-4-11-26-23/h1-6,10-11H,7-9,12-18H2,(H,24,31). The molecule has 0 spiro atoms. The van der Waals surface area contributed by atoms with Gasteiger partial charge in [0.25, 0.3) is 0 Å². The first-order chi connectivity index (χ1) is 15.7. The van der Waals surface area contributed by atoms with E-state index in [1.54, 1.807) is 12.4 Å². The lowest BCUT2D eigenvalue weighted by Crippen LogP contribution is -2.49. The Hall–Kier alpha value is -3.33. The zero-order valence-corrected chi connectivity index (χ0v) is 18.2. The number of carbonyl (C=O) groups excluding carboxylic acids is 2. The third-order valence-corrected chi connectivity index (χ3v) is 5.72. The summed E-state index contributed by atoms with van der Waals surface area (Å²) in [7, 11) is 0. The van der Waals surface area contributed by atoms with E-state index in [-0.39, 0.29) is 24.7 Å². The van der Waals surface area contributed by atoms with Crippen LogP contribution in [0.1, 0.15) is 24.8 Å². The van der Waals surface area contributed by atoms with Gasteiger partial charge in [-0.15, -0.1) is 0 Å². The molecule has 2 aliphatic heterocycles. The van der Waals surface area contributed by atoms with E-state index < -0.39 is 0 Å². The van der Waals surface area contributed by atoms with E-state index in [9.17, 15) is 9.59 Å². The monoisotopic (exact) mass is 435 g/mol. The summed E-state index contributed by atoms with van der Waals surface area (Å²) in [6, 6.07) is 11.7. The van der Waals surface area contributed by atoms with Crippen LogP contribution in [0.5, 0.6) is 0 Å². The molecule has 9 heteroatoms. The van der Waals surface area contributed by atoms with Gasteiger partial charge in [-0.2, -0.15) is 5.10 Å². The molecule has 2 aromatic rings. The molecule has 0 bridgehead atoms. The number of carbonyl (C=O) groups is 2. The van der Waals surface area contributed by atoms with Gasteiger partial charge in [0, 0.05) is 70.9 Å². The van der Waals surface area contributed by atoms with Crippen molar-refractivity contribution in [1.82, 2.24) is 25.2 Å². The third kappa shape index (κ3) is 5.88. The second-order valence-electron chi connectivity index (χ2n) is 7.91. The lowest BCUT2D eigenvalue weighted by atomic mass is 10.1. The van der Waals surface area contributed by atoms with Crippen LogP contribution in [-0.4, -0.2) is 83.2 Å². The largest absolute Gasteiger partial charge is 0.355 e. The van der Waals surface area contributed by atoms with Crippen molar-refractivity contribution in [3.05, 3.63) is 54.4 Å². The van der Waals surface area contributed by atoms with Gasteiger partial charge in [0.05, 0.1) is 12.3 Å². The number of nitrogens with one attached hydrogen (secondary N) is 1. The van der Waals surface area contributed by atoms with Crippen LogP contribution in [-0.2, 0) is 9.59 Å². The van der Waals surface area contributed by atoms with Crippen molar-refractivity contribution in [3.63, 3.8) is 0 Å². The molecule has 1 aromatic heterocycles. The Bertz CT molecular complexity index is 928. The van der Waals surface area contributed by atoms with Crippen LogP contribution < -0.4 is 10.2 Å². The molecule has 0 saturated carbocycles. The van der Waals surface area contributed by atoms with Crippen LogP contribution in [0.25, 0.3) is 0 Å². The van der Waals surface area contributed by atoms with E-state index in [1.807, 2.05) is 36.4 Å². The zero-order chi connectivity index (χ0) is 22.2. The van der Waals surface area contributed by atoms with E-state index in [1.165, 1.54) is 5.01 Å². The molecule has 1 saturated heterocycles. The number of amides is 2. The van der Waals surface area contributed by atoms with Gasteiger partial charge in [0.1, 0.15) is 0 Å². The summed E-state index contributed by atoms with van der Waals surface area (Å²) in [4.78, 5) is 37.7. The molecule has 32 heavy (non-hydrogen) atoms. The maximum Gasteiger partial charge on any atom is 0.243 e. The number of nitrogens with zero attached hydrogens (tertiary/aromatic N) is 6. The molecule has 0 unspecified atom stereocenters. The summed E-state index contributed by atoms with van der Waals surface area (Å²) >= 11 is 0. The third-order valence-electron chi connectivity index (χ3n) is 5.72. The highest BCUT2D eigenvalue weighted by atomic mass is 16.2. The summed E-state index contributed by atoms with van der Waals surface area (Å²) in [6.07, 6.45) is 4.62. The smallest absolute Gasteiger partial charge is 0.243 e. The minimum Gasteiger partial charge on any atom is -0.355 e. The van der Waals surface area contributed by atoms with Crippen molar-refractivity contribution < 1.29 is 9.59 Å². The predicted octanol–water partition coefficient (Wildman–Crippen LogP) is 1.13. The molecular weight excluding hydrogens is 406 g/mol. The van der Waals surface area contributed by atoms with Crippen LogP contribution in [0.4, 0.5) is 5.95 Å². The summed E-state index contributed by atoms with van der Waals surface area (Å²) in [5.74, 6) is 0.565. The number of rotatable bonds is 8. The molecule has 168 valence electrons. The molecule has 0 atom stereocenters. The topological polar surface area (TPSA) is 94.0 Å². The maximum atomic E-state index is 12.4. The highest BCUT2D eigenvalue weighted by Crippen LogP contribution is 2.15. The molecule has 1 fully saturated rings. The summed E-state index contributed by atoms with van der Waals surface area (Å²) in [6.45, 7) is 5.49. The van der Waals surface area contributed by atoms with E-state index in [0.29, 0.717) is 13.1 Å². The molecule has 4 rings (SSSR count). The average Bonchev–Trinajstić information content (AvgIpc) is 3.35. The SMILES string of the molecule is O=C(CCC(=O)N1CCC(c2ccccc2)=N1)NCCN1CCN(c2ncccn2)CC1. The number of hydrogen-bond donors (Lipinski definition) is 1. The second kappa shape index (κ2) is 10.8. The molecule has 2 aliphatic rings. The zero-order valence-electron chi connectivity index (χ0n) is 18.2. The first kappa shape index (κ1) is 21.9. The first-order valence-corrected chi connectivity index (χ1v) is 11.1. The molecule has 1 N–H and O–H groups in total. The van der Waals surface area contributed by atoms with E-state index in [0.717, 1.165) is 56.4 Å². The number of hydrogen-bond acceptors (Lipinski definition) is 7. The highest BCUT2D eigenvalue weighted by Gasteiger charge is 2.22. The summed E-state index contributed by atoms with van der Waals surface area (Å²) < 4.78 is 0. The quantitative estimate of drug-likeness (QED) is 0.668. The number of aromatic nitrogens is 2. The van der Waals surface area contributed by atoms with E-state index >= 15 is 0 Å². The number of benzene rings is 1. The Morgan fingerprint density at radius 2 is 1.66 bits per heavy atom. The van der Waals surface area contributed by atoms with Crippen molar-refractivity contribution in [2.24, 2.45) is 5.10 Å². The fraction of sp³-hybridized carbons (Fsp3) is 0.435. The maximum absolute atomic E-state index is 12.4. The van der Waals surface area contributed by atoms with Gasteiger partial charge in [0.15, 0.2) is 0 Å². The van der Waals surface area contributed by atoms with E-state index in [2.05, 4.69) is 30.2 Å². The molecule has 9 nitrogen and oxygen atoms in total. The molecule has 3 heterocycles. The van der Waals surface area contributed by atoms with Crippen molar-refractivity contribution in [1.29, 1.82) is 0 Å².